The van der Waals surface area contributed by atoms with E-state index in [1.165, 1.54) is 12.8 Å². The van der Waals surface area contributed by atoms with E-state index in [1.54, 1.807) is 7.11 Å². The normalized spacial score (nSPS) is 26.1. The first-order chi connectivity index (χ1) is 14.8. The predicted molar refractivity (Wildman–Crippen MR) is 122 cm³/mol. The second kappa shape index (κ2) is 10.2. The number of benzene rings is 1. The lowest BCUT2D eigenvalue weighted by molar-refractivity contribution is -0.132. The van der Waals surface area contributed by atoms with Gasteiger partial charge in [0.05, 0.1) is 25.4 Å². The second-order valence-corrected chi connectivity index (χ2v) is 9.64. The molecule has 1 aromatic rings. The molecule has 0 radical (unpaired) electrons. The van der Waals surface area contributed by atoms with Gasteiger partial charge >= 0.3 is 0 Å². The Bertz CT molecular complexity index is 747. The number of amides is 1. The third-order valence-corrected chi connectivity index (χ3v) is 7.37. The van der Waals surface area contributed by atoms with Gasteiger partial charge in [-0.05, 0) is 56.7 Å². The van der Waals surface area contributed by atoms with Gasteiger partial charge in [0, 0.05) is 24.4 Å². The van der Waals surface area contributed by atoms with Crippen LogP contribution in [0.4, 0.5) is 0 Å². The molecule has 1 heterocycles. The summed E-state index contributed by atoms with van der Waals surface area (Å²) < 4.78 is 11.8. The molecule has 1 aliphatic carbocycles. The fourth-order valence-corrected chi connectivity index (χ4v) is 5.06. The Hall–Kier alpha value is -1.79. The molecule has 1 aromatic carbocycles. The summed E-state index contributed by atoms with van der Waals surface area (Å²) in [5, 5.41) is 10.7. The number of nitrogens with zero attached hydrogens (tertiary/aromatic N) is 1. The number of ether oxygens (including phenoxy) is 2. The Kier molecular flexibility index (Phi) is 7.87. The van der Waals surface area contributed by atoms with Crippen molar-refractivity contribution in [1.29, 1.82) is 0 Å². The van der Waals surface area contributed by atoms with E-state index in [0.717, 1.165) is 42.7 Å². The molecule has 2 aliphatic rings. The molecule has 4 atom stereocenters. The van der Waals surface area contributed by atoms with Crippen LogP contribution >= 0.6 is 0 Å². The number of likely N-dealkylation sites (tertiary alicyclic amines) is 1. The van der Waals surface area contributed by atoms with Crippen LogP contribution in [0.5, 0.6) is 11.5 Å². The number of aliphatic hydroxyl groups is 1. The molecule has 0 bridgehead atoms. The van der Waals surface area contributed by atoms with Crippen LogP contribution in [0, 0.1) is 5.41 Å². The molecule has 3 rings (SSSR count). The third kappa shape index (κ3) is 5.17. The maximum Gasteiger partial charge on any atom is 0.239 e. The van der Waals surface area contributed by atoms with E-state index in [9.17, 15) is 9.90 Å². The Morgan fingerprint density at radius 1 is 1.32 bits per heavy atom. The molecule has 6 nitrogen and oxygen atoms in total. The number of unbranched alkanes of at least 4 members (excludes halogenated alkanes) is 1. The Balaban J connectivity index is 1.85. The Labute approximate surface area is 187 Å². The average molecular weight is 433 g/mol. The van der Waals surface area contributed by atoms with Crippen LogP contribution in [0.1, 0.15) is 77.2 Å². The molecule has 6 heteroatoms. The predicted octanol–water partition coefficient (Wildman–Crippen LogP) is 3.85. The molecule has 3 N–H and O–H groups in total. The SMILES string of the molecule is CCCCC(N)C(=O)N1CC(c2ccc(OC)c(OC3CCCC3)c2)C(C)(C(C)O)C1. The molecule has 1 aliphatic heterocycles. The molecule has 0 aromatic heterocycles. The fourth-order valence-electron chi connectivity index (χ4n) is 5.06. The molecule has 4 unspecified atom stereocenters. The summed E-state index contributed by atoms with van der Waals surface area (Å²) in [7, 11) is 1.66. The van der Waals surface area contributed by atoms with Gasteiger partial charge in [0.2, 0.25) is 5.91 Å². The van der Waals surface area contributed by atoms with E-state index >= 15 is 0 Å². The molecule has 0 spiro atoms. The van der Waals surface area contributed by atoms with Gasteiger partial charge in [-0.15, -0.1) is 0 Å². The van der Waals surface area contributed by atoms with Gasteiger partial charge < -0.3 is 25.2 Å². The fraction of sp³-hybridized carbons (Fsp3) is 0.720. The molecular weight excluding hydrogens is 392 g/mol. The lowest BCUT2D eigenvalue weighted by Gasteiger charge is -2.34. The zero-order chi connectivity index (χ0) is 22.6. The highest BCUT2D eigenvalue weighted by Crippen LogP contribution is 2.47. The number of carbonyl (C=O) groups is 1. The van der Waals surface area contributed by atoms with E-state index in [4.69, 9.17) is 15.2 Å². The molecule has 1 amide bonds. The highest BCUT2D eigenvalue weighted by atomic mass is 16.5. The average Bonchev–Trinajstić information content (AvgIpc) is 3.39. The van der Waals surface area contributed by atoms with E-state index < -0.39 is 17.6 Å². The highest BCUT2D eigenvalue weighted by molar-refractivity contribution is 5.82. The standard InChI is InChI=1S/C25H40N2O4/c1-5-6-11-21(26)24(29)27-15-20(25(3,16-27)17(2)28)18-12-13-22(30-4)23(14-18)31-19-9-7-8-10-19/h12-14,17,19-21,28H,5-11,15-16,26H2,1-4H3. The van der Waals surface area contributed by atoms with Crippen LogP contribution in [0.25, 0.3) is 0 Å². The van der Waals surface area contributed by atoms with Crippen LogP contribution in [0.2, 0.25) is 0 Å². The van der Waals surface area contributed by atoms with Gasteiger partial charge in [-0.2, -0.15) is 0 Å². The molecule has 1 saturated carbocycles. The third-order valence-electron chi connectivity index (χ3n) is 7.37. The van der Waals surface area contributed by atoms with Gasteiger partial charge in [-0.25, -0.2) is 0 Å². The summed E-state index contributed by atoms with van der Waals surface area (Å²) in [5.41, 5.74) is 6.80. The van der Waals surface area contributed by atoms with Crippen molar-refractivity contribution < 1.29 is 19.4 Å². The minimum atomic E-state index is -0.566. The summed E-state index contributed by atoms with van der Waals surface area (Å²) in [6.45, 7) is 7.03. The lowest BCUT2D eigenvalue weighted by Crippen LogP contribution is -2.44. The zero-order valence-electron chi connectivity index (χ0n) is 19.6. The minimum absolute atomic E-state index is 0.00772. The first-order valence-corrected chi connectivity index (χ1v) is 11.9. The van der Waals surface area contributed by atoms with Crippen LogP contribution in [-0.2, 0) is 4.79 Å². The van der Waals surface area contributed by atoms with Crippen molar-refractivity contribution in [3.63, 3.8) is 0 Å². The Morgan fingerprint density at radius 2 is 2.03 bits per heavy atom. The lowest BCUT2D eigenvalue weighted by atomic mass is 9.72. The largest absolute Gasteiger partial charge is 0.493 e. The van der Waals surface area contributed by atoms with Crippen molar-refractivity contribution >= 4 is 5.91 Å². The van der Waals surface area contributed by atoms with Crippen molar-refractivity contribution in [2.45, 2.75) is 89.9 Å². The van der Waals surface area contributed by atoms with E-state index in [1.807, 2.05) is 30.0 Å². The van der Waals surface area contributed by atoms with Gasteiger partial charge in [0.25, 0.3) is 0 Å². The van der Waals surface area contributed by atoms with Crippen molar-refractivity contribution in [2.24, 2.45) is 11.1 Å². The van der Waals surface area contributed by atoms with Crippen LogP contribution in [-0.4, -0.2) is 54.4 Å². The van der Waals surface area contributed by atoms with Gasteiger partial charge in [-0.1, -0.05) is 32.8 Å². The van der Waals surface area contributed by atoms with Crippen LogP contribution < -0.4 is 15.2 Å². The summed E-state index contributed by atoms with van der Waals surface area (Å²) in [6, 6.07) is 5.55. The zero-order valence-corrected chi connectivity index (χ0v) is 19.6. The molecular formula is C25H40N2O4. The summed E-state index contributed by atoms with van der Waals surface area (Å²) >= 11 is 0. The first kappa shape index (κ1) is 23.9. The monoisotopic (exact) mass is 432 g/mol. The van der Waals surface area contributed by atoms with Crippen LogP contribution in [0.15, 0.2) is 18.2 Å². The highest BCUT2D eigenvalue weighted by Gasteiger charge is 2.49. The van der Waals surface area contributed by atoms with Crippen molar-refractivity contribution in [3.05, 3.63) is 23.8 Å². The quantitative estimate of drug-likeness (QED) is 0.619. The summed E-state index contributed by atoms with van der Waals surface area (Å²) in [6.07, 6.45) is 6.86. The molecule has 31 heavy (non-hydrogen) atoms. The van der Waals surface area contributed by atoms with Crippen molar-refractivity contribution in [3.8, 4) is 11.5 Å². The number of aliphatic hydroxyl groups excluding tert-OH is 1. The first-order valence-electron chi connectivity index (χ1n) is 11.9. The maximum absolute atomic E-state index is 13.0. The van der Waals surface area contributed by atoms with Crippen LogP contribution in [0.3, 0.4) is 0 Å². The van der Waals surface area contributed by atoms with Gasteiger partial charge in [0.15, 0.2) is 11.5 Å². The smallest absolute Gasteiger partial charge is 0.239 e. The molecule has 2 fully saturated rings. The van der Waals surface area contributed by atoms with E-state index in [2.05, 4.69) is 13.8 Å². The topological polar surface area (TPSA) is 85.0 Å². The summed E-state index contributed by atoms with van der Waals surface area (Å²) in [4.78, 5) is 14.9. The summed E-state index contributed by atoms with van der Waals surface area (Å²) in [5.74, 6) is 1.46. The minimum Gasteiger partial charge on any atom is -0.493 e. The van der Waals surface area contributed by atoms with Gasteiger partial charge in [-0.3, -0.25) is 4.79 Å². The van der Waals surface area contributed by atoms with Gasteiger partial charge in [0.1, 0.15) is 0 Å². The second-order valence-electron chi connectivity index (χ2n) is 9.64. The van der Waals surface area contributed by atoms with Crippen molar-refractivity contribution in [1.82, 2.24) is 4.90 Å². The number of nitrogens with two attached hydrogens (primary N) is 1. The number of methoxy groups -OCH3 is 1. The Morgan fingerprint density at radius 3 is 2.65 bits per heavy atom. The van der Waals surface area contributed by atoms with E-state index in [0.29, 0.717) is 19.5 Å². The molecule has 1 saturated heterocycles. The number of hydrogen-bond acceptors (Lipinski definition) is 5. The number of carbonyl (C=O) groups excluding carboxylic acids is 1. The maximum atomic E-state index is 13.0. The molecule has 174 valence electrons. The van der Waals surface area contributed by atoms with E-state index in [-0.39, 0.29) is 17.9 Å². The van der Waals surface area contributed by atoms with Crippen molar-refractivity contribution in [2.75, 3.05) is 20.2 Å². The number of rotatable bonds is 9. The number of hydrogen-bond donors (Lipinski definition) is 2.